The Hall–Kier alpha value is -1.38. The van der Waals surface area contributed by atoms with Crippen LogP contribution in [-0.4, -0.2) is 16.9 Å². The minimum absolute atomic E-state index is 0.245. The molecule has 0 aromatic rings. The molecular formula is C21H34O3. The second-order valence-corrected chi connectivity index (χ2v) is 6.96. The number of rotatable bonds is 15. The smallest absolute Gasteiger partial charge is 0.303 e. The summed E-state index contributed by atoms with van der Waals surface area (Å²) >= 11 is 0. The molecule has 0 bridgehead atoms. The summed E-state index contributed by atoms with van der Waals surface area (Å²) in [5.41, 5.74) is 1.30. The fourth-order valence-corrected chi connectivity index (χ4v) is 3.20. The number of carbonyl (C=O) groups is 2. The number of hydrogen-bond donors (Lipinski definition) is 1. The minimum atomic E-state index is -0.671. The van der Waals surface area contributed by atoms with Crippen LogP contribution in [-0.2, 0) is 9.59 Å². The standard InChI is InChI=1S/C21H34O3/c22-20-16-13-15-19(18-20)14-11-9-7-5-3-1-2-4-6-8-10-12-17-21(23)24/h13,15-16H,1-12,14,17-18H2,(H,23,24). The third-order valence-corrected chi connectivity index (χ3v) is 4.65. The number of ketones is 1. The van der Waals surface area contributed by atoms with E-state index < -0.39 is 5.97 Å². The normalized spacial score (nSPS) is 14.0. The second-order valence-electron chi connectivity index (χ2n) is 6.96. The lowest BCUT2D eigenvalue weighted by Gasteiger charge is -2.08. The lowest BCUT2D eigenvalue weighted by atomic mass is 9.97. The molecule has 1 rings (SSSR count). The Morgan fingerprint density at radius 1 is 0.833 bits per heavy atom. The first kappa shape index (κ1) is 20.7. The molecule has 1 aliphatic carbocycles. The summed E-state index contributed by atoms with van der Waals surface area (Å²) in [7, 11) is 0. The zero-order valence-corrected chi connectivity index (χ0v) is 15.1. The van der Waals surface area contributed by atoms with Crippen molar-refractivity contribution >= 4 is 11.8 Å². The highest BCUT2D eigenvalue weighted by Crippen LogP contribution is 2.18. The third-order valence-electron chi connectivity index (χ3n) is 4.65. The number of carboxylic acid groups (broad SMARTS) is 1. The van der Waals surface area contributed by atoms with Crippen molar-refractivity contribution in [1.29, 1.82) is 0 Å². The Morgan fingerprint density at radius 3 is 1.83 bits per heavy atom. The minimum Gasteiger partial charge on any atom is -0.481 e. The van der Waals surface area contributed by atoms with Crippen molar-refractivity contribution < 1.29 is 14.7 Å². The molecule has 1 N–H and O–H groups in total. The van der Waals surface area contributed by atoms with Crippen LogP contribution in [0.4, 0.5) is 0 Å². The van der Waals surface area contributed by atoms with Crippen molar-refractivity contribution in [3.05, 3.63) is 23.8 Å². The summed E-state index contributed by atoms with van der Waals surface area (Å²) in [4.78, 5) is 21.7. The van der Waals surface area contributed by atoms with E-state index in [-0.39, 0.29) is 5.78 Å². The van der Waals surface area contributed by atoms with Crippen molar-refractivity contribution in [1.82, 2.24) is 0 Å². The molecule has 0 radical (unpaired) electrons. The molecule has 3 nitrogen and oxygen atoms in total. The first-order valence-electron chi connectivity index (χ1n) is 9.79. The first-order valence-corrected chi connectivity index (χ1v) is 9.79. The van der Waals surface area contributed by atoms with Gasteiger partial charge in [-0.05, 0) is 25.3 Å². The Labute approximate surface area is 147 Å². The van der Waals surface area contributed by atoms with E-state index in [9.17, 15) is 9.59 Å². The van der Waals surface area contributed by atoms with Crippen molar-refractivity contribution in [3.63, 3.8) is 0 Å². The number of carboxylic acids is 1. The van der Waals surface area contributed by atoms with Crippen LogP contribution in [0.15, 0.2) is 23.8 Å². The number of carbonyl (C=O) groups excluding carboxylic acids is 1. The van der Waals surface area contributed by atoms with Gasteiger partial charge in [0.1, 0.15) is 0 Å². The number of aliphatic carboxylic acids is 1. The molecule has 0 amide bonds. The van der Waals surface area contributed by atoms with E-state index in [4.69, 9.17) is 5.11 Å². The summed E-state index contributed by atoms with van der Waals surface area (Å²) in [5, 5.41) is 8.55. The monoisotopic (exact) mass is 334 g/mol. The summed E-state index contributed by atoms with van der Waals surface area (Å²) in [6, 6.07) is 0. The Morgan fingerprint density at radius 2 is 1.33 bits per heavy atom. The molecule has 0 unspecified atom stereocenters. The van der Waals surface area contributed by atoms with Gasteiger partial charge in [-0.2, -0.15) is 0 Å². The van der Waals surface area contributed by atoms with Crippen LogP contribution in [0, 0.1) is 0 Å². The van der Waals surface area contributed by atoms with Crippen molar-refractivity contribution in [2.45, 2.75) is 96.3 Å². The maximum atomic E-state index is 11.3. The fraction of sp³-hybridized carbons (Fsp3) is 0.714. The van der Waals surface area contributed by atoms with Crippen molar-refractivity contribution in [2.24, 2.45) is 0 Å². The highest BCUT2D eigenvalue weighted by atomic mass is 16.4. The van der Waals surface area contributed by atoms with Gasteiger partial charge in [0, 0.05) is 12.8 Å². The van der Waals surface area contributed by atoms with E-state index in [1.807, 2.05) is 6.08 Å². The predicted octanol–water partition coefficient (Wildman–Crippen LogP) is 5.99. The molecule has 0 aliphatic heterocycles. The third kappa shape index (κ3) is 12.1. The molecule has 0 heterocycles. The van der Waals surface area contributed by atoms with E-state index in [1.165, 1.54) is 69.8 Å². The van der Waals surface area contributed by atoms with E-state index in [0.717, 1.165) is 19.3 Å². The average molecular weight is 334 g/mol. The van der Waals surface area contributed by atoms with Crippen LogP contribution in [0.3, 0.4) is 0 Å². The summed E-state index contributed by atoms with van der Waals surface area (Å²) < 4.78 is 0. The van der Waals surface area contributed by atoms with Gasteiger partial charge in [0.05, 0.1) is 0 Å². The summed E-state index contributed by atoms with van der Waals surface area (Å²) in [6.45, 7) is 0. The molecule has 0 saturated heterocycles. The molecule has 3 heteroatoms. The maximum Gasteiger partial charge on any atom is 0.303 e. The molecule has 1 aliphatic rings. The van der Waals surface area contributed by atoms with E-state index >= 15 is 0 Å². The number of unbranched alkanes of at least 4 members (excludes halogenated alkanes) is 11. The predicted molar refractivity (Wildman–Crippen MR) is 99.1 cm³/mol. The highest BCUT2D eigenvalue weighted by Gasteiger charge is 2.06. The first-order chi connectivity index (χ1) is 11.7. The van der Waals surface area contributed by atoms with Crippen molar-refractivity contribution in [2.75, 3.05) is 0 Å². The number of allylic oxidation sites excluding steroid dienone is 4. The maximum absolute atomic E-state index is 11.3. The average Bonchev–Trinajstić information content (AvgIpc) is 2.55. The van der Waals surface area contributed by atoms with Gasteiger partial charge in [-0.1, -0.05) is 81.9 Å². The Balaban J connectivity index is 1.76. The van der Waals surface area contributed by atoms with Crippen LogP contribution >= 0.6 is 0 Å². The lowest BCUT2D eigenvalue weighted by Crippen LogP contribution is -1.99. The molecule has 0 atom stereocenters. The molecule has 24 heavy (non-hydrogen) atoms. The molecule has 0 aromatic carbocycles. The Bertz CT molecular complexity index is 421. The molecule has 0 saturated carbocycles. The van der Waals surface area contributed by atoms with Gasteiger partial charge in [0.2, 0.25) is 0 Å². The molecule has 0 aromatic heterocycles. The molecule has 0 spiro atoms. The van der Waals surface area contributed by atoms with Crippen molar-refractivity contribution in [3.8, 4) is 0 Å². The lowest BCUT2D eigenvalue weighted by molar-refractivity contribution is -0.137. The SMILES string of the molecule is O=C(O)CCCCCCCCCCCCCCC1=CC=CC(=O)C1. The van der Waals surface area contributed by atoms with Gasteiger partial charge in [0.15, 0.2) is 5.78 Å². The topological polar surface area (TPSA) is 54.4 Å². The summed E-state index contributed by atoms with van der Waals surface area (Å²) in [5.74, 6) is -0.426. The zero-order valence-electron chi connectivity index (χ0n) is 15.1. The molecular weight excluding hydrogens is 300 g/mol. The van der Waals surface area contributed by atoms with Crippen LogP contribution < -0.4 is 0 Å². The highest BCUT2D eigenvalue weighted by molar-refractivity contribution is 5.92. The molecule has 0 fully saturated rings. The van der Waals surface area contributed by atoms with Crippen LogP contribution in [0.5, 0.6) is 0 Å². The van der Waals surface area contributed by atoms with Gasteiger partial charge in [-0.3, -0.25) is 9.59 Å². The van der Waals surface area contributed by atoms with E-state index in [2.05, 4.69) is 6.08 Å². The number of hydrogen-bond acceptors (Lipinski definition) is 2. The van der Waals surface area contributed by atoms with Gasteiger partial charge < -0.3 is 5.11 Å². The van der Waals surface area contributed by atoms with Gasteiger partial charge in [0.25, 0.3) is 0 Å². The second kappa shape index (κ2) is 14.0. The van der Waals surface area contributed by atoms with E-state index in [1.54, 1.807) is 6.08 Å². The van der Waals surface area contributed by atoms with Gasteiger partial charge in [-0.25, -0.2) is 0 Å². The van der Waals surface area contributed by atoms with Crippen LogP contribution in [0.2, 0.25) is 0 Å². The van der Waals surface area contributed by atoms with Gasteiger partial charge >= 0.3 is 5.97 Å². The van der Waals surface area contributed by atoms with Gasteiger partial charge in [-0.15, -0.1) is 0 Å². The van der Waals surface area contributed by atoms with Crippen LogP contribution in [0.25, 0.3) is 0 Å². The van der Waals surface area contributed by atoms with Crippen LogP contribution in [0.1, 0.15) is 96.3 Å². The molecule has 136 valence electrons. The summed E-state index contributed by atoms with van der Waals surface area (Å²) in [6.07, 6.45) is 22.4. The largest absolute Gasteiger partial charge is 0.481 e. The zero-order chi connectivity index (χ0) is 17.5. The van der Waals surface area contributed by atoms with E-state index in [0.29, 0.717) is 12.8 Å². The fourth-order valence-electron chi connectivity index (χ4n) is 3.20. The quantitative estimate of drug-likeness (QED) is 0.374. The Kier molecular flexibility index (Phi) is 12.1.